The van der Waals surface area contributed by atoms with Gasteiger partial charge in [0, 0.05) is 11.8 Å². The predicted octanol–water partition coefficient (Wildman–Crippen LogP) is 5.67. The van der Waals surface area contributed by atoms with E-state index in [2.05, 4.69) is 31.0 Å². The Labute approximate surface area is 128 Å². The van der Waals surface area contributed by atoms with Crippen LogP contribution in [0.25, 0.3) is 0 Å². The first-order valence-electron chi connectivity index (χ1n) is 7.73. The fraction of sp³-hybridized carbons (Fsp3) is 0.316. The highest BCUT2D eigenvalue weighted by atomic mass is 16.5. The number of allylic oxidation sites excluding steroid dienone is 4. The maximum absolute atomic E-state index is 5.86. The van der Waals surface area contributed by atoms with Gasteiger partial charge in [0.25, 0.3) is 0 Å². The summed E-state index contributed by atoms with van der Waals surface area (Å²) in [5.74, 6) is 1.67. The minimum absolute atomic E-state index is 0.815. The lowest BCUT2D eigenvalue weighted by Crippen LogP contribution is -1.94. The third-order valence-corrected chi connectivity index (χ3v) is 2.55. The van der Waals surface area contributed by atoms with Crippen molar-refractivity contribution in [3.63, 3.8) is 0 Å². The van der Waals surface area contributed by atoms with Crippen LogP contribution in [-0.4, -0.2) is 6.21 Å². The van der Waals surface area contributed by atoms with Gasteiger partial charge in [-0.05, 0) is 30.7 Å². The van der Waals surface area contributed by atoms with Gasteiger partial charge in [0.2, 0.25) is 0 Å². The van der Waals surface area contributed by atoms with Crippen LogP contribution in [0.1, 0.15) is 46.1 Å². The smallest absolute Gasteiger partial charge is 0.152 e. The molecular formula is C19H25NO. The number of aliphatic imine (C=N–C) groups is 1. The molecule has 0 atom stereocenters. The number of para-hydroxylation sites is 1. The molecule has 1 heterocycles. The van der Waals surface area contributed by atoms with Crippen LogP contribution in [0.3, 0.4) is 0 Å². The molecule has 0 spiro atoms. The van der Waals surface area contributed by atoms with E-state index in [9.17, 15) is 0 Å². The molecule has 21 heavy (non-hydrogen) atoms. The number of fused-ring (bicyclic) bond motifs is 1. The first-order valence-corrected chi connectivity index (χ1v) is 7.73. The lowest BCUT2D eigenvalue weighted by molar-refractivity contribution is 0.440. The van der Waals surface area contributed by atoms with Gasteiger partial charge in [0.1, 0.15) is 11.4 Å². The first kappa shape index (κ1) is 17.0. The largest absolute Gasteiger partial charge is 0.454 e. The summed E-state index contributed by atoms with van der Waals surface area (Å²) >= 11 is 0. The molecule has 2 nitrogen and oxygen atoms in total. The summed E-state index contributed by atoms with van der Waals surface area (Å²) in [5.41, 5.74) is 1.89. The quantitative estimate of drug-likeness (QED) is 0.601. The molecule has 1 aromatic rings. The van der Waals surface area contributed by atoms with Crippen LogP contribution < -0.4 is 4.74 Å². The summed E-state index contributed by atoms with van der Waals surface area (Å²) in [6.07, 6.45) is 12.2. The molecule has 1 aliphatic carbocycles. The molecule has 1 aliphatic heterocycles. The number of hydrogen-bond acceptors (Lipinski definition) is 2. The van der Waals surface area contributed by atoms with Crippen molar-refractivity contribution in [2.75, 3.05) is 0 Å². The number of nitrogens with zero attached hydrogens (tertiary/aromatic N) is 1. The Bertz CT molecular complexity index is 550. The van der Waals surface area contributed by atoms with Gasteiger partial charge in [-0.1, -0.05) is 58.4 Å². The van der Waals surface area contributed by atoms with Crippen molar-refractivity contribution in [3.8, 4) is 5.75 Å². The zero-order chi connectivity index (χ0) is 15.5. The highest BCUT2D eigenvalue weighted by Gasteiger charge is 2.11. The normalized spacial score (nSPS) is 14.3. The molecule has 112 valence electrons. The van der Waals surface area contributed by atoms with E-state index in [1.807, 2.05) is 56.5 Å². The Morgan fingerprint density at radius 1 is 1.05 bits per heavy atom. The summed E-state index contributed by atoms with van der Waals surface area (Å²) in [4.78, 5) is 4.44. The lowest BCUT2D eigenvalue weighted by Gasteiger charge is -2.06. The summed E-state index contributed by atoms with van der Waals surface area (Å²) < 4.78 is 5.86. The fourth-order valence-electron chi connectivity index (χ4n) is 1.73. The second kappa shape index (κ2) is 9.76. The highest BCUT2D eigenvalue weighted by Crippen LogP contribution is 2.26. The molecule has 0 unspecified atom stereocenters. The first-order chi connectivity index (χ1) is 10.3. The van der Waals surface area contributed by atoms with Gasteiger partial charge in [-0.3, -0.25) is 4.99 Å². The number of benzene rings is 1. The van der Waals surface area contributed by atoms with E-state index < -0.39 is 0 Å². The molecule has 0 aromatic heterocycles. The van der Waals surface area contributed by atoms with E-state index >= 15 is 0 Å². The second-order valence-electron chi connectivity index (χ2n) is 4.40. The third-order valence-electron chi connectivity index (χ3n) is 2.55. The van der Waals surface area contributed by atoms with Crippen LogP contribution in [0.4, 0.5) is 0 Å². The standard InChI is InChI=1S/C14H11NO.C3H8.C2H6/c1-2-7-12-14(9-3-1)16-13-8-5-4-6-11(13)10-15-12;1-3-2;1-2/h2-10H,1H2;3H2,1-2H3;1-2H3. The van der Waals surface area contributed by atoms with E-state index in [0.29, 0.717) is 0 Å². The summed E-state index contributed by atoms with van der Waals surface area (Å²) in [5, 5.41) is 0. The topological polar surface area (TPSA) is 21.6 Å². The van der Waals surface area contributed by atoms with Gasteiger partial charge < -0.3 is 4.74 Å². The molecular weight excluding hydrogens is 258 g/mol. The highest BCUT2D eigenvalue weighted by molar-refractivity contribution is 5.85. The van der Waals surface area contributed by atoms with E-state index in [0.717, 1.165) is 29.2 Å². The summed E-state index contributed by atoms with van der Waals surface area (Å²) in [6, 6.07) is 7.91. The zero-order valence-corrected chi connectivity index (χ0v) is 13.5. The molecule has 0 fully saturated rings. The molecule has 0 bridgehead atoms. The molecule has 3 rings (SSSR count). The molecule has 2 heteroatoms. The van der Waals surface area contributed by atoms with Crippen molar-refractivity contribution in [2.45, 2.75) is 40.5 Å². The summed E-state index contributed by atoms with van der Waals surface area (Å²) in [6.45, 7) is 8.25. The van der Waals surface area contributed by atoms with E-state index in [4.69, 9.17) is 4.74 Å². The molecule has 0 saturated heterocycles. The van der Waals surface area contributed by atoms with Crippen molar-refractivity contribution in [2.24, 2.45) is 4.99 Å². The van der Waals surface area contributed by atoms with Crippen molar-refractivity contribution in [1.29, 1.82) is 0 Å². The average molecular weight is 283 g/mol. The number of rotatable bonds is 0. The van der Waals surface area contributed by atoms with Crippen LogP contribution in [0, 0.1) is 0 Å². The maximum atomic E-state index is 5.86. The van der Waals surface area contributed by atoms with Crippen LogP contribution in [0.15, 0.2) is 65.0 Å². The van der Waals surface area contributed by atoms with Crippen LogP contribution >= 0.6 is 0 Å². The van der Waals surface area contributed by atoms with Crippen LogP contribution in [-0.2, 0) is 0 Å². The Morgan fingerprint density at radius 3 is 2.48 bits per heavy atom. The van der Waals surface area contributed by atoms with Crippen LogP contribution in [0.5, 0.6) is 5.75 Å². The van der Waals surface area contributed by atoms with Crippen molar-refractivity contribution < 1.29 is 4.74 Å². The molecule has 0 amide bonds. The molecule has 1 aromatic carbocycles. The lowest BCUT2D eigenvalue weighted by atomic mass is 10.2. The zero-order valence-electron chi connectivity index (χ0n) is 13.5. The van der Waals surface area contributed by atoms with Gasteiger partial charge >= 0.3 is 0 Å². The summed E-state index contributed by atoms with van der Waals surface area (Å²) in [7, 11) is 0. The Kier molecular flexibility index (Phi) is 7.88. The Hall–Kier alpha value is -2.09. The van der Waals surface area contributed by atoms with Gasteiger partial charge in [-0.15, -0.1) is 0 Å². The van der Waals surface area contributed by atoms with E-state index in [1.165, 1.54) is 6.42 Å². The number of hydrogen-bond donors (Lipinski definition) is 0. The molecule has 0 N–H and O–H groups in total. The van der Waals surface area contributed by atoms with Gasteiger partial charge in [-0.25, -0.2) is 0 Å². The van der Waals surface area contributed by atoms with E-state index in [-0.39, 0.29) is 0 Å². The minimum Gasteiger partial charge on any atom is -0.454 e. The Balaban J connectivity index is 0.000000395. The third kappa shape index (κ3) is 5.07. The maximum Gasteiger partial charge on any atom is 0.152 e. The van der Waals surface area contributed by atoms with Crippen LogP contribution in [0.2, 0.25) is 0 Å². The van der Waals surface area contributed by atoms with E-state index in [1.54, 1.807) is 0 Å². The minimum atomic E-state index is 0.815. The van der Waals surface area contributed by atoms with Gasteiger partial charge in [0.15, 0.2) is 5.76 Å². The monoisotopic (exact) mass is 283 g/mol. The Morgan fingerprint density at radius 2 is 1.71 bits per heavy atom. The van der Waals surface area contributed by atoms with Crippen molar-refractivity contribution in [3.05, 3.63) is 65.6 Å². The van der Waals surface area contributed by atoms with Crippen molar-refractivity contribution in [1.82, 2.24) is 0 Å². The molecule has 2 aliphatic rings. The van der Waals surface area contributed by atoms with Gasteiger partial charge in [-0.2, -0.15) is 0 Å². The molecule has 0 radical (unpaired) electrons. The molecule has 0 saturated carbocycles. The predicted molar refractivity (Wildman–Crippen MR) is 91.9 cm³/mol. The average Bonchev–Trinajstić information content (AvgIpc) is 2.83. The fourth-order valence-corrected chi connectivity index (χ4v) is 1.73. The SMILES string of the molecule is C1=CC2=C(C=CC1)Oc1ccccc1C=N2.CC.CCC. The van der Waals surface area contributed by atoms with Gasteiger partial charge in [0.05, 0.1) is 0 Å². The van der Waals surface area contributed by atoms with Crippen molar-refractivity contribution >= 4 is 6.21 Å². The second-order valence-corrected chi connectivity index (χ2v) is 4.40. The number of ether oxygens (including phenoxy) is 1.